The maximum Gasteiger partial charge on any atom is 0.280 e. The molecule has 0 aliphatic heterocycles. The van der Waals surface area contributed by atoms with Crippen molar-refractivity contribution in [2.24, 2.45) is 0 Å². The van der Waals surface area contributed by atoms with Gasteiger partial charge in [0.05, 0.1) is 10.5 Å². The average molecular weight is 276 g/mol. The first kappa shape index (κ1) is 12.0. The Kier molecular flexibility index (Phi) is 2.70. The van der Waals surface area contributed by atoms with E-state index in [4.69, 9.17) is 12.2 Å². The lowest BCUT2D eigenvalue weighted by atomic mass is 10.1. The van der Waals surface area contributed by atoms with Gasteiger partial charge in [-0.15, -0.1) is 0 Å². The van der Waals surface area contributed by atoms with E-state index in [1.54, 1.807) is 12.1 Å². The van der Waals surface area contributed by atoms with Crippen LogP contribution >= 0.6 is 12.2 Å². The molecule has 0 unspecified atom stereocenters. The third kappa shape index (κ3) is 2.06. The minimum Gasteiger partial charge on any atom is -0.297 e. The Morgan fingerprint density at radius 3 is 2.89 bits per heavy atom. The molecule has 2 aromatic rings. The summed E-state index contributed by atoms with van der Waals surface area (Å²) in [5, 5.41) is 18.1. The van der Waals surface area contributed by atoms with E-state index >= 15 is 0 Å². The van der Waals surface area contributed by atoms with Crippen LogP contribution in [0.15, 0.2) is 18.2 Å². The van der Waals surface area contributed by atoms with E-state index in [1.165, 1.54) is 6.07 Å². The number of hydrogen-bond acceptors (Lipinski definition) is 4. The second-order valence-corrected chi connectivity index (χ2v) is 5.12. The van der Waals surface area contributed by atoms with Gasteiger partial charge in [0.25, 0.3) is 5.69 Å². The van der Waals surface area contributed by atoms with Crippen molar-refractivity contribution in [3.63, 3.8) is 0 Å². The van der Waals surface area contributed by atoms with Crippen LogP contribution in [0.4, 0.5) is 5.69 Å². The van der Waals surface area contributed by atoms with Crippen LogP contribution in [-0.2, 0) is 0 Å². The normalized spacial score (nSPS) is 14.6. The number of aromatic nitrogens is 3. The molecule has 1 aromatic heterocycles. The standard InChI is InChI=1S/C12H12N4O2S/c1-7-2-5-10(16(17)18)9(6-7)11-13-14-12(19)15(11)8-3-4-8/h2,5-6,8H,3-4H2,1H3,(H,14,19). The summed E-state index contributed by atoms with van der Waals surface area (Å²) >= 11 is 5.21. The number of hydrogen-bond donors (Lipinski definition) is 1. The monoisotopic (exact) mass is 276 g/mol. The first-order valence-electron chi connectivity index (χ1n) is 6.00. The molecule has 1 aromatic carbocycles. The molecule has 0 spiro atoms. The smallest absolute Gasteiger partial charge is 0.280 e. The van der Waals surface area contributed by atoms with Crippen molar-refractivity contribution in [3.8, 4) is 11.4 Å². The third-order valence-corrected chi connectivity index (χ3v) is 3.49. The number of aryl methyl sites for hydroxylation is 1. The number of nitro groups is 1. The van der Waals surface area contributed by atoms with Gasteiger partial charge in [-0.05, 0) is 43.6 Å². The molecular formula is C12H12N4O2S. The molecule has 1 saturated carbocycles. The maximum absolute atomic E-state index is 11.1. The predicted octanol–water partition coefficient (Wildman–Crippen LogP) is 3.16. The van der Waals surface area contributed by atoms with Crippen molar-refractivity contribution in [2.75, 3.05) is 0 Å². The zero-order chi connectivity index (χ0) is 13.6. The molecule has 7 heteroatoms. The topological polar surface area (TPSA) is 76.8 Å². The van der Waals surface area contributed by atoms with Gasteiger partial charge in [-0.3, -0.25) is 19.8 Å². The summed E-state index contributed by atoms with van der Waals surface area (Å²) in [5.41, 5.74) is 1.53. The highest BCUT2D eigenvalue weighted by molar-refractivity contribution is 7.71. The second kappa shape index (κ2) is 4.27. The molecular weight excluding hydrogens is 264 g/mol. The highest BCUT2D eigenvalue weighted by Gasteiger charge is 2.30. The van der Waals surface area contributed by atoms with E-state index in [2.05, 4.69) is 10.2 Å². The molecule has 3 rings (SSSR count). The van der Waals surface area contributed by atoms with Crippen LogP contribution in [0.2, 0.25) is 0 Å². The molecule has 1 heterocycles. The van der Waals surface area contributed by atoms with Crippen molar-refractivity contribution in [1.82, 2.24) is 14.8 Å². The first-order valence-corrected chi connectivity index (χ1v) is 6.41. The van der Waals surface area contributed by atoms with Crippen molar-refractivity contribution >= 4 is 17.9 Å². The van der Waals surface area contributed by atoms with E-state index in [1.807, 2.05) is 11.5 Å². The SMILES string of the molecule is Cc1ccc([N+](=O)[O-])c(-c2n[nH]c(=S)n2C2CC2)c1. The van der Waals surface area contributed by atoms with E-state index in [0.717, 1.165) is 18.4 Å². The molecule has 0 atom stereocenters. The zero-order valence-corrected chi connectivity index (χ0v) is 11.1. The number of rotatable bonds is 3. The van der Waals surface area contributed by atoms with Gasteiger partial charge in [-0.25, -0.2) is 0 Å². The molecule has 0 bridgehead atoms. The quantitative estimate of drug-likeness (QED) is 0.530. The van der Waals surface area contributed by atoms with Gasteiger partial charge >= 0.3 is 0 Å². The summed E-state index contributed by atoms with van der Waals surface area (Å²) in [6.07, 6.45) is 2.08. The number of H-pyrrole nitrogens is 1. The number of nitrogens with one attached hydrogen (secondary N) is 1. The number of nitro benzene ring substituents is 1. The number of benzene rings is 1. The molecule has 1 aliphatic rings. The molecule has 19 heavy (non-hydrogen) atoms. The Labute approximate surface area is 114 Å². The van der Waals surface area contributed by atoms with Crippen LogP contribution in [0.1, 0.15) is 24.4 Å². The minimum absolute atomic E-state index is 0.0569. The van der Waals surface area contributed by atoms with Crippen molar-refractivity contribution < 1.29 is 4.92 Å². The number of nitrogens with zero attached hydrogens (tertiary/aromatic N) is 3. The second-order valence-electron chi connectivity index (χ2n) is 4.73. The lowest BCUT2D eigenvalue weighted by Gasteiger charge is -2.06. The summed E-state index contributed by atoms with van der Waals surface area (Å²) in [7, 11) is 0. The Hall–Kier alpha value is -2.02. The third-order valence-electron chi connectivity index (χ3n) is 3.21. The van der Waals surface area contributed by atoms with E-state index in [0.29, 0.717) is 22.2 Å². The van der Waals surface area contributed by atoms with Crippen LogP contribution in [0.5, 0.6) is 0 Å². The predicted molar refractivity (Wildman–Crippen MR) is 72.5 cm³/mol. The molecule has 1 N–H and O–H groups in total. The van der Waals surface area contributed by atoms with E-state index in [9.17, 15) is 10.1 Å². The molecule has 98 valence electrons. The Morgan fingerprint density at radius 1 is 1.53 bits per heavy atom. The van der Waals surface area contributed by atoms with E-state index < -0.39 is 0 Å². The lowest BCUT2D eigenvalue weighted by Crippen LogP contribution is -2.00. The molecule has 6 nitrogen and oxygen atoms in total. The van der Waals surface area contributed by atoms with Crippen LogP contribution < -0.4 is 0 Å². The van der Waals surface area contributed by atoms with Gasteiger partial charge in [-0.2, -0.15) is 5.10 Å². The molecule has 0 amide bonds. The minimum atomic E-state index is -0.385. The number of aromatic amines is 1. The lowest BCUT2D eigenvalue weighted by molar-refractivity contribution is -0.384. The molecule has 1 fully saturated rings. The highest BCUT2D eigenvalue weighted by Crippen LogP contribution is 2.39. The van der Waals surface area contributed by atoms with Crippen molar-refractivity contribution in [2.45, 2.75) is 25.8 Å². The fourth-order valence-corrected chi connectivity index (χ4v) is 2.44. The van der Waals surface area contributed by atoms with E-state index in [-0.39, 0.29) is 10.6 Å². The summed E-state index contributed by atoms with van der Waals surface area (Å²) in [4.78, 5) is 10.8. The average Bonchev–Trinajstić information content (AvgIpc) is 3.12. The Bertz CT molecular complexity index is 715. The summed E-state index contributed by atoms with van der Waals surface area (Å²) in [5.74, 6) is 0.558. The van der Waals surface area contributed by atoms with Crippen LogP contribution in [0.3, 0.4) is 0 Å². The fraction of sp³-hybridized carbons (Fsp3) is 0.333. The summed E-state index contributed by atoms with van der Waals surface area (Å²) < 4.78 is 2.41. The van der Waals surface area contributed by atoms with Gasteiger partial charge in [0.1, 0.15) is 0 Å². The van der Waals surface area contributed by atoms with Gasteiger partial charge < -0.3 is 0 Å². The fourth-order valence-electron chi connectivity index (χ4n) is 2.15. The summed E-state index contributed by atoms with van der Waals surface area (Å²) in [6, 6.07) is 5.34. The van der Waals surface area contributed by atoms with Crippen LogP contribution in [0.25, 0.3) is 11.4 Å². The Morgan fingerprint density at radius 2 is 2.26 bits per heavy atom. The Balaban J connectivity index is 2.24. The van der Waals surface area contributed by atoms with Crippen LogP contribution in [-0.4, -0.2) is 19.7 Å². The van der Waals surface area contributed by atoms with Gasteiger partial charge in [0.2, 0.25) is 0 Å². The zero-order valence-electron chi connectivity index (χ0n) is 10.3. The van der Waals surface area contributed by atoms with Crippen LogP contribution in [0, 0.1) is 21.8 Å². The summed E-state index contributed by atoms with van der Waals surface area (Å²) in [6.45, 7) is 1.90. The largest absolute Gasteiger partial charge is 0.297 e. The van der Waals surface area contributed by atoms with Crippen molar-refractivity contribution in [3.05, 3.63) is 38.6 Å². The van der Waals surface area contributed by atoms with Gasteiger partial charge in [0, 0.05) is 12.1 Å². The van der Waals surface area contributed by atoms with Crippen molar-refractivity contribution in [1.29, 1.82) is 0 Å². The molecule has 1 aliphatic carbocycles. The van der Waals surface area contributed by atoms with Gasteiger partial charge in [0.15, 0.2) is 10.6 Å². The highest BCUT2D eigenvalue weighted by atomic mass is 32.1. The molecule has 0 saturated heterocycles. The molecule has 0 radical (unpaired) electrons. The maximum atomic E-state index is 11.1. The van der Waals surface area contributed by atoms with Gasteiger partial charge in [-0.1, -0.05) is 6.07 Å². The first-order chi connectivity index (χ1) is 9.08.